The molecule has 1 N–H and O–H groups in total. The Morgan fingerprint density at radius 2 is 1.76 bits per heavy atom. The molecule has 4 unspecified atom stereocenters. The molecule has 224 valence electrons. The number of nitrogens with zero attached hydrogens (tertiary/aromatic N) is 2. The first-order valence-electron chi connectivity index (χ1n) is 13.6. The molecule has 2 heterocycles. The van der Waals surface area contributed by atoms with E-state index in [9.17, 15) is 23.1 Å². The second kappa shape index (κ2) is 12.1. The molecule has 1 aromatic heterocycles. The second-order valence-corrected chi connectivity index (χ2v) is 16.3. The molecule has 2 aromatic carbocycles. The maximum Gasteiger partial charge on any atom is 0.304 e. The number of carboxylic acids is 1. The van der Waals surface area contributed by atoms with Crippen LogP contribution in [0.5, 0.6) is 0 Å². The van der Waals surface area contributed by atoms with Crippen molar-refractivity contribution < 1.29 is 23.1 Å². The van der Waals surface area contributed by atoms with Crippen molar-refractivity contribution in [2.45, 2.75) is 54.8 Å². The van der Waals surface area contributed by atoms with Gasteiger partial charge < -0.3 is 10.0 Å². The molecule has 12 heteroatoms. The Morgan fingerprint density at radius 3 is 2.33 bits per heavy atom. The minimum atomic E-state index is -3.88. The molecular formula is C30H31Cl3N2O5S2. The number of amides is 1. The number of likely N-dealkylation sites (N-methyl/N-ethyl adjacent to an activating group) is 1. The number of likely N-dealkylation sites (tertiary alicyclic amines) is 1. The van der Waals surface area contributed by atoms with Crippen molar-refractivity contribution in [2.75, 3.05) is 13.6 Å². The van der Waals surface area contributed by atoms with Crippen LogP contribution >= 0.6 is 46.1 Å². The molecule has 42 heavy (non-hydrogen) atoms. The van der Waals surface area contributed by atoms with Gasteiger partial charge in [0.1, 0.15) is 4.21 Å². The lowest BCUT2D eigenvalue weighted by molar-refractivity contribution is -0.161. The maximum atomic E-state index is 14.6. The Bertz CT molecular complexity index is 1590. The zero-order valence-electron chi connectivity index (χ0n) is 23.0. The molecule has 3 aromatic rings. The summed E-state index contributed by atoms with van der Waals surface area (Å²) in [6.07, 6.45) is 1.59. The van der Waals surface area contributed by atoms with E-state index in [-0.39, 0.29) is 41.3 Å². The maximum absolute atomic E-state index is 14.6. The van der Waals surface area contributed by atoms with E-state index in [2.05, 4.69) is 0 Å². The van der Waals surface area contributed by atoms with Crippen LogP contribution in [0.2, 0.25) is 14.4 Å². The molecule has 1 saturated carbocycles. The highest BCUT2D eigenvalue weighted by Crippen LogP contribution is 2.54. The van der Waals surface area contributed by atoms with Gasteiger partial charge in [-0.2, -0.15) is 4.31 Å². The third kappa shape index (κ3) is 6.37. The third-order valence-electron chi connectivity index (χ3n) is 8.31. The highest BCUT2D eigenvalue weighted by atomic mass is 35.5. The molecule has 1 aliphatic carbocycles. The molecule has 5 rings (SSSR count). The fraction of sp³-hybridized carbons (Fsp3) is 0.400. The number of hydrogen-bond acceptors (Lipinski definition) is 5. The highest BCUT2D eigenvalue weighted by molar-refractivity contribution is 7.91. The van der Waals surface area contributed by atoms with E-state index in [0.717, 1.165) is 35.3 Å². The molecule has 4 atom stereocenters. The SMILES string of the molecule is CN(CC(C1CC1)N1C(=O)C(C)(CC(=O)O)CC(c2cccc(Cl)c2)C1c1ccc(Cl)cc1)S(=O)(=O)c1ccc(Cl)s1. The van der Waals surface area contributed by atoms with E-state index >= 15 is 0 Å². The van der Waals surface area contributed by atoms with Crippen LogP contribution in [0.1, 0.15) is 55.7 Å². The van der Waals surface area contributed by atoms with Crippen LogP contribution in [0.25, 0.3) is 0 Å². The largest absolute Gasteiger partial charge is 0.481 e. The Hall–Kier alpha value is -2.14. The number of carbonyl (C=O) groups excluding carboxylic acids is 1. The van der Waals surface area contributed by atoms with Crippen molar-refractivity contribution in [3.8, 4) is 0 Å². The van der Waals surface area contributed by atoms with Gasteiger partial charge in [-0.15, -0.1) is 11.3 Å². The summed E-state index contributed by atoms with van der Waals surface area (Å²) in [5.41, 5.74) is 0.477. The van der Waals surface area contributed by atoms with E-state index in [1.165, 1.54) is 17.4 Å². The molecule has 2 aliphatic rings. The number of carbonyl (C=O) groups is 2. The van der Waals surface area contributed by atoms with Gasteiger partial charge in [-0.1, -0.05) is 66.0 Å². The topological polar surface area (TPSA) is 95.0 Å². The molecule has 0 bridgehead atoms. The van der Waals surface area contributed by atoms with Gasteiger partial charge >= 0.3 is 5.97 Å². The molecular weight excluding hydrogens is 639 g/mol. The van der Waals surface area contributed by atoms with E-state index in [0.29, 0.717) is 14.4 Å². The number of carboxylic acid groups (broad SMARTS) is 1. The summed E-state index contributed by atoms with van der Waals surface area (Å²) in [7, 11) is -2.37. The monoisotopic (exact) mass is 668 g/mol. The first-order valence-corrected chi connectivity index (χ1v) is 17.0. The molecule has 7 nitrogen and oxygen atoms in total. The predicted octanol–water partition coefficient (Wildman–Crippen LogP) is 7.35. The summed E-state index contributed by atoms with van der Waals surface area (Å²) in [5.74, 6) is -1.63. The normalized spacial score (nSPS) is 23.8. The van der Waals surface area contributed by atoms with Crippen molar-refractivity contribution in [1.29, 1.82) is 0 Å². The predicted molar refractivity (Wildman–Crippen MR) is 166 cm³/mol. The lowest BCUT2D eigenvalue weighted by atomic mass is 9.67. The quantitative estimate of drug-likeness (QED) is 0.244. The summed E-state index contributed by atoms with van der Waals surface area (Å²) in [6.45, 7) is 1.74. The van der Waals surface area contributed by atoms with Crippen molar-refractivity contribution >= 4 is 68.0 Å². The van der Waals surface area contributed by atoms with Crippen molar-refractivity contribution in [1.82, 2.24) is 9.21 Å². The molecule has 2 fully saturated rings. The Labute approximate surface area is 265 Å². The number of thiophene rings is 1. The molecule has 1 saturated heterocycles. The van der Waals surface area contributed by atoms with Crippen LogP contribution < -0.4 is 0 Å². The average molecular weight is 670 g/mol. The summed E-state index contributed by atoms with van der Waals surface area (Å²) >= 11 is 19.7. The van der Waals surface area contributed by atoms with Crippen LogP contribution in [0, 0.1) is 11.3 Å². The Balaban J connectivity index is 1.65. The number of rotatable bonds is 10. The van der Waals surface area contributed by atoms with E-state index in [4.69, 9.17) is 34.8 Å². The lowest BCUT2D eigenvalue weighted by Gasteiger charge is -2.52. The third-order valence-corrected chi connectivity index (χ3v) is 12.3. The first kappa shape index (κ1) is 31.3. The van der Waals surface area contributed by atoms with Gasteiger partial charge in [0, 0.05) is 35.6 Å². The van der Waals surface area contributed by atoms with Gasteiger partial charge in [0.25, 0.3) is 10.0 Å². The van der Waals surface area contributed by atoms with Gasteiger partial charge in [-0.3, -0.25) is 9.59 Å². The number of hydrogen-bond donors (Lipinski definition) is 1. The van der Waals surface area contributed by atoms with E-state index < -0.39 is 33.5 Å². The summed E-state index contributed by atoms with van der Waals surface area (Å²) in [6, 6.07) is 16.7. The fourth-order valence-corrected chi connectivity index (χ4v) is 9.35. The smallest absolute Gasteiger partial charge is 0.304 e. The minimum absolute atomic E-state index is 0.0454. The average Bonchev–Trinajstić information content (AvgIpc) is 3.67. The summed E-state index contributed by atoms with van der Waals surface area (Å²) in [5, 5.41) is 11.0. The number of piperidine rings is 1. The number of sulfonamides is 1. The number of halogens is 3. The van der Waals surface area contributed by atoms with E-state index in [1.54, 1.807) is 36.1 Å². The van der Waals surface area contributed by atoms with Crippen LogP contribution in [-0.2, 0) is 19.6 Å². The van der Waals surface area contributed by atoms with Gasteiger partial charge in [0.2, 0.25) is 5.91 Å². The van der Waals surface area contributed by atoms with Crippen LogP contribution in [0.15, 0.2) is 64.9 Å². The van der Waals surface area contributed by atoms with Gasteiger partial charge in [-0.05, 0) is 72.7 Å². The standard InChI is InChI=1S/C30H31Cl3N2O5S2/c1-30(16-26(36)37)15-23(20-4-3-5-22(32)14-20)28(19-8-10-21(31)11-9-19)35(29(30)38)24(18-6-7-18)17-34(2)42(39,40)27-13-12-25(33)41-27/h3-5,8-14,18,23-24,28H,6-7,15-17H2,1-2H3,(H,36,37). The van der Waals surface area contributed by atoms with Crippen molar-refractivity contribution in [3.63, 3.8) is 0 Å². The van der Waals surface area contributed by atoms with Gasteiger partial charge in [-0.25, -0.2) is 8.42 Å². The van der Waals surface area contributed by atoms with Gasteiger partial charge in [0.05, 0.1) is 22.2 Å². The Kier molecular flexibility index (Phi) is 9.01. The zero-order valence-corrected chi connectivity index (χ0v) is 26.9. The zero-order chi connectivity index (χ0) is 30.4. The number of benzene rings is 2. The summed E-state index contributed by atoms with van der Waals surface area (Å²) < 4.78 is 28.8. The first-order chi connectivity index (χ1) is 19.8. The molecule has 0 radical (unpaired) electrons. The second-order valence-electron chi connectivity index (χ2n) is 11.5. The molecule has 0 spiro atoms. The van der Waals surface area contributed by atoms with E-state index in [1.807, 2.05) is 30.3 Å². The van der Waals surface area contributed by atoms with Gasteiger partial charge in [0.15, 0.2) is 0 Å². The summed E-state index contributed by atoms with van der Waals surface area (Å²) in [4.78, 5) is 28.5. The molecule has 1 aliphatic heterocycles. The lowest BCUT2D eigenvalue weighted by Crippen LogP contribution is -2.59. The van der Waals surface area contributed by atoms with Crippen LogP contribution in [0.3, 0.4) is 0 Å². The van der Waals surface area contributed by atoms with Crippen LogP contribution in [-0.4, -0.2) is 54.2 Å². The Morgan fingerprint density at radius 1 is 1.07 bits per heavy atom. The number of aliphatic carboxylic acids is 1. The molecule has 1 amide bonds. The van der Waals surface area contributed by atoms with Crippen LogP contribution in [0.4, 0.5) is 0 Å². The fourth-order valence-electron chi connectivity index (χ4n) is 6.14. The van der Waals surface area contributed by atoms with Crippen molar-refractivity contribution in [3.05, 3.63) is 86.2 Å². The van der Waals surface area contributed by atoms with Crippen molar-refractivity contribution in [2.24, 2.45) is 11.3 Å². The highest BCUT2D eigenvalue weighted by Gasteiger charge is 2.55. The minimum Gasteiger partial charge on any atom is -0.481 e.